The number of aryl methyl sites for hydroxylation is 1. The fourth-order valence-corrected chi connectivity index (χ4v) is 3.74. The monoisotopic (exact) mass is 436 g/mol. The van der Waals surface area contributed by atoms with Gasteiger partial charge in [0.25, 0.3) is 5.91 Å². The maximum Gasteiger partial charge on any atom is 0.255 e. The van der Waals surface area contributed by atoms with Crippen LogP contribution < -0.4 is 15.5 Å². The zero-order chi connectivity index (χ0) is 22.8. The van der Waals surface area contributed by atoms with E-state index in [4.69, 9.17) is 4.74 Å². The van der Waals surface area contributed by atoms with E-state index in [1.165, 1.54) is 13.2 Å². The summed E-state index contributed by atoms with van der Waals surface area (Å²) in [6.07, 6.45) is 3.61. The SMILES string of the molecule is C=C(OC)[C@H]1C(=O)Nc2c(cc(NCc3cnn(Cc4ccccc4F)c3)nc2C)N1C. The summed E-state index contributed by atoms with van der Waals surface area (Å²) < 4.78 is 20.8. The molecule has 2 aromatic heterocycles. The second kappa shape index (κ2) is 8.70. The lowest BCUT2D eigenvalue weighted by Gasteiger charge is -2.36. The average molecular weight is 436 g/mol. The number of hydrogen-bond donors (Lipinski definition) is 2. The Morgan fingerprint density at radius 1 is 1.38 bits per heavy atom. The van der Waals surface area contributed by atoms with Gasteiger partial charge < -0.3 is 20.3 Å². The second-order valence-corrected chi connectivity index (χ2v) is 7.65. The van der Waals surface area contributed by atoms with Crippen LogP contribution in [0.1, 0.15) is 16.8 Å². The molecule has 0 aliphatic carbocycles. The molecule has 1 atom stereocenters. The minimum absolute atomic E-state index is 0.209. The molecule has 1 aromatic carbocycles. The molecule has 1 aliphatic heterocycles. The normalized spacial score (nSPS) is 15.2. The van der Waals surface area contributed by atoms with Gasteiger partial charge in [0.2, 0.25) is 0 Å². The fraction of sp³-hybridized carbons (Fsp3) is 0.261. The summed E-state index contributed by atoms with van der Waals surface area (Å²) in [7, 11) is 3.32. The van der Waals surface area contributed by atoms with Crippen molar-refractivity contribution in [3.63, 3.8) is 0 Å². The first-order valence-corrected chi connectivity index (χ1v) is 10.1. The summed E-state index contributed by atoms with van der Waals surface area (Å²) in [5.74, 6) is 0.566. The number of carbonyl (C=O) groups excluding carboxylic acids is 1. The number of likely N-dealkylation sites (N-methyl/N-ethyl adjacent to an activating group) is 1. The number of fused-ring (bicyclic) bond motifs is 1. The molecule has 1 amide bonds. The number of aromatic nitrogens is 3. The summed E-state index contributed by atoms with van der Waals surface area (Å²) in [4.78, 5) is 18.9. The van der Waals surface area contributed by atoms with Crippen LogP contribution in [-0.2, 0) is 22.6 Å². The minimum atomic E-state index is -0.626. The molecule has 4 rings (SSSR count). The Labute approximate surface area is 185 Å². The number of amides is 1. The van der Waals surface area contributed by atoms with Crippen molar-refractivity contribution in [2.24, 2.45) is 0 Å². The van der Waals surface area contributed by atoms with Crippen LogP contribution in [-0.4, -0.2) is 40.9 Å². The Morgan fingerprint density at radius 2 is 2.16 bits per heavy atom. The van der Waals surface area contributed by atoms with Crippen LogP contribution >= 0.6 is 0 Å². The molecule has 1 aliphatic rings. The topological polar surface area (TPSA) is 84.3 Å². The molecule has 32 heavy (non-hydrogen) atoms. The van der Waals surface area contributed by atoms with E-state index in [1.54, 1.807) is 29.1 Å². The largest absolute Gasteiger partial charge is 0.499 e. The molecule has 3 heterocycles. The zero-order valence-electron chi connectivity index (χ0n) is 18.2. The Balaban J connectivity index is 1.48. The van der Waals surface area contributed by atoms with Crippen LogP contribution in [0.15, 0.2) is 55.1 Å². The first-order chi connectivity index (χ1) is 15.4. The van der Waals surface area contributed by atoms with Gasteiger partial charge in [-0.2, -0.15) is 5.10 Å². The number of benzene rings is 1. The summed E-state index contributed by atoms with van der Waals surface area (Å²) in [5, 5.41) is 10.5. The number of rotatable bonds is 7. The van der Waals surface area contributed by atoms with E-state index in [0.717, 1.165) is 11.3 Å². The van der Waals surface area contributed by atoms with Gasteiger partial charge in [0.1, 0.15) is 17.4 Å². The first-order valence-electron chi connectivity index (χ1n) is 10.1. The van der Waals surface area contributed by atoms with Crippen LogP contribution in [0.25, 0.3) is 0 Å². The van der Waals surface area contributed by atoms with E-state index in [2.05, 4.69) is 27.3 Å². The van der Waals surface area contributed by atoms with Crippen molar-refractivity contribution in [1.29, 1.82) is 0 Å². The molecular formula is C23H25FN6O2. The number of halogens is 1. The van der Waals surface area contributed by atoms with E-state index in [-0.39, 0.29) is 11.7 Å². The molecule has 0 unspecified atom stereocenters. The summed E-state index contributed by atoms with van der Waals surface area (Å²) in [5.41, 5.74) is 3.70. The fourth-order valence-electron chi connectivity index (χ4n) is 3.74. The Bertz CT molecular complexity index is 1180. The summed E-state index contributed by atoms with van der Waals surface area (Å²) >= 11 is 0. The van der Waals surface area contributed by atoms with E-state index >= 15 is 0 Å². The second-order valence-electron chi connectivity index (χ2n) is 7.65. The van der Waals surface area contributed by atoms with Gasteiger partial charge in [-0.05, 0) is 13.0 Å². The van der Waals surface area contributed by atoms with Crippen LogP contribution in [0.2, 0.25) is 0 Å². The molecule has 166 valence electrons. The van der Waals surface area contributed by atoms with Gasteiger partial charge in [-0.15, -0.1) is 0 Å². The number of anilines is 3. The number of nitrogens with one attached hydrogen (secondary N) is 2. The zero-order valence-corrected chi connectivity index (χ0v) is 18.2. The maximum absolute atomic E-state index is 13.9. The molecule has 0 bridgehead atoms. The lowest BCUT2D eigenvalue weighted by molar-refractivity contribution is -0.117. The van der Waals surface area contributed by atoms with E-state index in [1.807, 2.05) is 31.1 Å². The molecule has 8 nitrogen and oxygen atoms in total. The van der Waals surface area contributed by atoms with E-state index in [9.17, 15) is 9.18 Å². The standard InChI is InChI=1S/C23H25FN6O2/c1-14-21-19(29(3)22(15(2)32-4)23(31)28-21)9-20(27-14)25-10-16-11-26-30(12-16)13-17-7-5-6-8-18(17)24/h5-9,11-12,22H,2,10,13H2,1,3-4H3,(H,25,27)(H,28,31)/t22-/m0/s1. The van der Waals surface area contributed by atoms with Crippen molar-refractivity contribution in [3.8, 4) is 0 Å². The number of methoxy groups -OCH3 is 1. The van der Waals surface area contributed by atoms with Gasteiger partial charge in [-0.3, -0.25) is 9.48 Å². The molecular weight excluding hydrogens is 411 g/mol. The van der Waals surface area contributed by atoms with Crippen molar-refractivity contribution in [1.82, 2.24) is 14.8 Å². The smallest absolute Gasteiger partial charge is 0.255 e. The lowest BCUT2D eigenvalue weighted by atomic mass is 10.1. The summed E-state index contributed by atoms with van der Waals surface area (Å²) in [6.45, 7) is 6.54. The van der Waals surface area contributed by atoms with Crippen LogP contribution in [0, 0.1) is 12.7 Å². The third-order valence-electron chi connectivity index (χ3n) is 5.46. The molecule has 0 saturated carbocycles. The van der Waals surface area contributed by atoms with Crippen molar-refractivity contribution in [2.45, 2.75) is 26.1 Å². The van der Waals surface area contributed by atoms with Gasteiger partial charge in [0.05, 0.1) is 36.9 Å². The van der Waals surface area contributed by atoms with Gasteiger partial charge in [-0.1, -0.05) is 24.8 Å². The van der Waals surface area contributed by atoms with Crippen molar-refractivity contribution >= 4 is 23.1 Å². The highest BCUT2D eigenvalue weighted by Gasteiger charge is 2.35. The maximum atomic E-state index is 13.9. The van der Waals surface area contributed by atoms with Gasteiger partial charge >= 0.3 is 0 Å². The number of hydrogen-bond acceptors (Lipinski definition) is 6. The molecule has 0 saturated heterocycles. The molecule has 0 fully saturated rings. The highest BCUT2D eigenvalue weighted by atomic mass is 19.1. The number of nitrogens with zero attached hydrogens (tertiary/aromatic N) is 4. The summed E-state index contributed by atoms with van der Waals surface area (Å²) in [6, 6.07) is 7.91. The molecule has 2 N–H and O–H groups in total. The Morgan fingerprint density at radius 3 is 2.91 bits per heavy atom. The highest BCUT2D eigenvalue weighted by Crippen LogP contribution is 2.36. The van der Waals surface area contributed by atoms with Crippen molar-refractivity contribution in [2.75, 3.05) is 29.7 Å². The van der Waals surface area contributed by atoms with Crippen LogP contribution in [0.3, 0.4) is 0 Å². The number of pyridine rings is 1. The van der Waals surface area contributed by atoms with Gasteiger partial charge in [0, 0.05) is 37.0 Å². The predicted molar refractivity (Wildman–Crippen MR) is 121 cm³/mol. The minimum Gasteiger partial charge on any atom is -0.499 e. The highest BCUT2D eigenvalue weighted by molar-refractivity contribution is 6.05. The van der Waals surface area contributed by atoms with Crippen molar-refractivity contribution < 1.29 is 13.9 Å². The van der Waals surface area contributed by atoms with Crippen LogP contribution in [0.5, 0.6) is 0 Å². The number of ether oxygens (including phenoxy) is 1. The average Bonchev–Trinajstić information content (AvgIpc) is 3.22. The van der Waals surface area contributed by atoms with Crippen molar-refractivity contribution in [3.05, 3.63) is 77.7 Å². The Hall–Kier alpha value is -3.88. The Kier molecular flexibility index (Phi) is 5.81. The molecule has 0 radical (unpaired) electrons. The molecule has 0 spiro atoms. The van der Waals surface area contributed by atoms with Gasteiger partial charge in [-0.25, -0.2) is 9.37 Å². The lowest BCUT2D eigenvalue weighted by Crippen LogP contribution is -2.47. The number of carbonyl (C=O) groups is 1. The quantitative estimate of drug-likeness (QED) is 0.553. The van der Waals surface area contributed by atoms with Crippen LogP contribution in [0.4, 0.5) is 21.6 Å². The first kappa shape index (κ1) is 21.4. The third kappa shape index (κ3) is 4.14. The van der Waals surface area contributed by atoms with E-state index < -0.39 is 6.04 Å². The molecule has 9 heteroatoms. The third-order valence-corrected chi connectivity index (χ3v) is 5.46. The predicted octanol–water partition coefficient (Wildman–Crippen LogP) is 3.30. The molecule has 3 aromatic rings. The van der Waals surface area contributed by atoms with E-state index in [0.29, 0.717) is 41.6 Å². The van der Waals surface area contributed by atoms with Gasteiger partial charge in [0.15, 0.2) is 6.04 Å².